The van der Waals surface area contributed by atoms with Crippen LogP contribution in [0.25, 0.3) is 11.1 Å². The number of aryl methyl sites for hydroxylation is 2. The molecule has 144 valence electrons. The highest BCUT2D eigenvalue weighted by atomic mass is 16.2. The molecule has 1 aromatic carbocycles. The third-order valence-electron chi connectivity index (χ3n) is 5.95. The average Bonchev–Trinajstić information content (AvgIpc) is 3.31. The monoisotopic (exact) mass is 367 g/mol. The lowest BCUT2D eigenvalue weighted by molar-refractivity contribution is 0.115. The first kappa shape index (κ1) is 18.0. The van der Waals surface area contributed by atoms with Crippen LogP contribution < -0.4 is 5.32 Å². The van der Waals surface area contributed by atoms with Gasteiger partial charge in [-0.3, -0.25) is 14.9 Å². The van der Waals surface area contributed by atoms with E-state index in [1.54, 1.807) is 4.68 Å². The van der Waals surface area contributed by atoms with Crippen molar-refractivity contribution >= 4 is 11.8 Å². The Morgan fingerprint density at radius 2 is 1.74 bits per heavy atom. The largest absolute Gasteiger partial charge is 0.323 e. The van der Waals surface area contributed by atoms with Crippen LogP contribution in [0.1, 0.15) is 31.4 Å². The Hall–Kier alpha value is -2.34. The quantitative estimate of drug-likeness (QED) is 0.903. The number of anilines is 1. The predicted molar refractivity (Wildman–Crippen MR) is 108 cm³/mol. The highest BCUT2D eigenvalue weighted by Gasteiger charge is 2.28. The smallest absolute Gasteiger partial charge is 0.322 e. The van der Waals surface area contributed by atoms with E-state index in [1.165, 1.54) is 25.7 Å². The summed E-state index contributed by atoms with van der Waals surface area (Å²) in [6, 6.07) is 10.8. The molecule has 2 amide bonds. The summed E-state index contributed by atoms with van der Waals surface area (Å²) in [6.07, 6.45) is 5.35. The molecule has 0 spiro atoms. The fourth-order valence-corrected chi connectivity index (χ4v) is 4.49. The maximum Gasteiger partial charge on any atom is 0.323 e. The van der Waals surface area contributed by atoms with Gasteiger partial charge in [0, 0.05) is 44.8 Å². The molecule has 1 saturated carbocycles. The van der Waals surface area contributed by atoms with Gasteiger partial charge < -0.3 is 4.90 Å². The van der Waals surface area contributed by atoms with Gasteiger partial charge in [0.25, 0.3) is 0 Å². The summed E-state index contributed by atoms with van der Waals surface area (Å²) in [7, 11) is 1.88. The summed E-state index contributed by atoms with van der Waals surface area (Å²) in [5.74, 6) is 0.766. The van der Waals surface area contributed by atoms with Crippen molar-refractivity contribution in [3.63, 3.8) is 0 Å². The van der Waals surface area contributed by atoms with Crippen molar-refractivity contribution in [2.75, 3.05) is 31.5 Å². The minimum absolute atomic E-state index is 0.0266. The molecule has 0 atom stereocenters. The number of hydrogen-bond donors (Lipinski definition) is 1. The second-order valence-electron chi connectivity index (χ2n) is 7.69. The number of amides is 2. The van der Waals surface area contributed by atoms with E-state index in [0.29, 0.717) is 0 Å². The van der Waals surface area contributed by atoms with Crippen molar-refractivity contribution in [2.45, 2.75) is 38.6 Å². The highest BCUT2D eigenvalue weighted by Crippen LogP contribution is 2.31. The summed E-state index contributed by atoms with van der Waals surface area (Å²) >= 11 is 0. The molecule has 2 heterocycles. The van der Waals surface area contributed by atoms with E-state index in [2.05, 4.69) is 27.4 Å². The zero-order valence-corrected chi connectivity index (χ0v) is 16.3. The average molecular weight is 367 g/mol. The van der Waals surface area contributed by atoms with Gasteiger partial charge in [-0.1, -0.05) is 43.2 Å². The maximum absolute atomic E-state index is 12.9. The van der Waals surface area contributed by atoms with Gasteiger partial charge in [0.2, 0.25) is 0 Å². The van der Waals surface area contributed by atoms with Crippen LogP contribution in [-0.2, 0) is 7.05 Å². The van der Waals surface area contributed by atoms with Crippen LogP contribution in [0, 0.1) is 6.92 Å². The van der Waals surface area contributed by atoms with Gasteiger partial charge in [0.1, 0.15) is 5.82 Å². The van der Waals surface area contributed by atoms with Gasteiger partial charge in [-0.2, -0.15) is 5.10 Å². The van der Waals surface area contributed by atoms with Gasteiger partial charge in [-0.25, -0.2) is 4.79 Å². The number of benzene rings is 1. The van der Waals surface area contributed by atoms with E-state index >= 15 is 0 Å². The van der Waals surface area contributed by atoms with E-state index in [0.717, 1.165) is 54.9 Å². The van der Waals surface area contributed by atoms with E-state index in [9.17, 15) is 4.79 Å². The van der Waals surface area contributed by atoms with Gasteiger partial charge in [0.15, 0.2) is 0 Å². The predicted octanol–water partition coefficient (Wildman–Crippen LogP) is 3.49. The minimum atomic E-state index is -0.0266. The molecule has 1 saturated heterocycles. The second-order valence-corrected chi connectivity index (χ2v) is 7.69. The summed E-state index contributed by atoms with van der Waals surface area (Å²) in [5.41, 5.74) is 2.99. The number of nitrogens with zero attached hydrogens (tertiary/aromatic N) is 4. The maximum atomic E-state index is 12.9. The van der Waals surface area contributed by atoms with Crippen molar-refractivity contribution in [1.82, 2.24) is 19.6 Å². The normalized spacial score (nSPS) is 18.8. The van der Waals surface area contributed by atoms with Gasteiger partial charge >= 0.3 is 6.03 Å². The Bertz CT molecular complexity index is 786. The zero-order valence-electron chi connectivity index (χ0n) is 16.3. The van der Waals surface area contributed by atoms with Crippen LogP contribution in [-0.4, -0.2) is 57.8 Å². The zero-order chi connectivity index (χ0) is 18.8. The van der Waals surface area contributed by atoms with Crippen LogP contribution in [0.2, 0.25) is 0 Å². The molecule has 4 rings (SSSR count). The lowest BCUT2D eigenvalue weighted by Gasteiger charge is -2.38. The molecule has 2 fully saturated rings. The van der Waals surface area contributed by atoms with Crippen molar-refractivity contribution in [2.24, 2.45) is 7.05 Å². The van der Waals surface area contributed by atoms with Gasteiger partial charge in [-0.05, 0) is 25.3 Å². The van der Waals surface area contributed by atoms with Crippen molar-refractivity contribution in [1.29, 1.82) is 0 Å². The molecule has 6 heteroatoms. The van der Waals surface area contributed by atoms with Crippen LogP contribution in [0.4, 0.5) is 10.6 Å². The van der Waals surface area contributed by atoms with Crippen molar-refractivity contribution in [3.05, 3.63) is 36.0 Å². The Morgan fingerprint density at radius 3 is 2.41 bits per heavy atom. The van der Waals surface area contributed by atoms with Gasteiger partial charge in [0.05, 0.1) is 5.69 Å². The highest BCUT2D eigenvalue weighted by molar-refractivity contribution is 5.94. The summed E-state index contributed by atoms with van der Waals surface area (Å²) in [6.45, 7) is 5.53. The molecule has 0 unspecified atom stereocenters. The SMILES string of the molecule is Cc1nn(C)c(NC(=O)N2CCN(C3CCCC3)CC2)c1-c1ccccc1. The number of piperazine rings is 1. The van der Waals surface area contributed by atoms with Crippen LogP contribution in [0.5, 0.6) is 0 Å². The first-order chi connectivity index (χ1) is 13.1. The topological polar surface area (TPSA) is 53.4 Å². The number of urea groups is 1. The van der Waals surface area contributed by atoms with Crippen LogP contribution in [0.3, 0.4) is 0 Å². The number of rotatable bonds is 3. The fraction of sp³-hybridized carbons (Fsp3) is 0.524. The standard InChI is InChI=1S/C21H29N5O/c1-16-19(17-8-4-3-5-9-17)20(24(2)23-16)22-21(27)26-14-12-25(13-15-26)18-10-6-7-11-18/h3-5,8-9,18H,6-7,10-15H2,1-2H3,(H,22,27). The first-order valence-electron chi connectivity index (χ1n) is 10.0. The molecule has 1 aliphatic heterocycles. The minimum Gasteiger partial charge on any atom is -0.322 e. The first-order valence-corrected chi connectivity index (χ1v) is 10.0. The van der Waals surface area contributed by atoms with Crippen LogP contribution >= 0.6 is 0 Å². The molecule has 27 heavy (non-hydrogen) atoms. The molecule has 1 N–H and O–H groups in total. The molecular formula is C21H29N5O. The number of hydrogen-bond acceptors (Lipinski definition) is 3. The number of carbonyl (C=O) groups is 1. The van der Waals surface area contributed by atoms with Crippen molar-refractivity contribution in [3.8, 4) is 11.1 Å². The molecule has 0 bridgehead atoms. The van der Waals surface area contributed by atoms with Crippen LogP contribution in [0.15, 0.2) is 30.3 Å². The second kappa shape index (κ2) is 7.72. The number of carbonyl (C=O) groups excluding carboxylic acids is 1. The Morgan fingerprint density at radius 1 is 1.07 bits per heavy atom. The fourth-order valence-electron chi connectivity index (χ4n) is 4.49. The molecule has 6 nitrogen and oxygen atoms in total. The number of nitrogens with one attached hydrogen (secondary N) is 1. The molecule has 1 aromatic heterocycles. The molecule has 0 radical (unpaired) electrons. The molecule has 1 aliphatic carbocycles. The lowest BCUT2D eigenvalue weighted by atomic mass is 10.1. The lowest BCUT2D eigenvalue weighted by Crippen LogP contribution is -2.52. The summed E-state index contributed by atoms with van der Waals surface area (Å²) in [5, 5.41) is 7.65. The summed E-state index contributed by atoms with van der Waals surface area (Å²) < 4.78 is 1.77. The van der Waals surface area contributed by atoms with E-state index < -0.39 is 0 Å². The molecule has 2 aromatic rings. The Balaban J connectivity index is 1.45. The third kappa shape index (κ3) is 3.72. The third-order valence-corrected chi connectivity index (χ3v) is 5.95. The number of aromatic nitrogens is 2. The van der Waals surface area contributed by atoms with E-state index in [-0.39, 0.29) is 6.03 Å². The molecule has 2 aliphatic rings. The molecular weight excluding hydrogens is 338 g/mol. The van der Waals surface area contributed by atoms with E-state index in [1.807, 2.05) is 37.1 Å². The Kier molecular flexibility index (Phi) is 5.16. The van der Waals surface area contributed by atoms with E-state index in [4.69, 9.17) is 0 Å². The summed E-state index contributed by atoms with van der Waals surface area (Å²) in [4.78, 5) is 17.4. The Labute approximate surface area is 161 Å². The van der Waals surface area contributed by atoms with Gasteiger partial charge in [-0.15, -0.1) is 0 Å². The van der Waals surface area contributed by atoms with Crippen molar-refractivity contribution < 1.29 is 4.79 Å².